The lowest BCUT2D eigenvalue weighted by Gasteiger charge is -2.28. The third kappa shape index (κ3) is 3.79. The topological polar surface area (TPSA) is 42.5 Å². The lowest BCUT2D eigenvalue weighted by atomic mass is 10.0. The van der Waals surface area contributed by atoms with Crippen LogP contribution in [0.1, 0.15) is 12.5 Å². The Bertz CT molecular complexity index is 952. The van der Waals surface area contributed by atoms with Gasteiger partial charge in [0, 0.05) is 23.4 Å². The zero-order valence-electron chi connectivity index (χ0n) is 15.8. The Hall–Kier alpha value is -2.70. The first-order valence-corrected chi connectivity index (χ1v) is 9.22. The Morgan fingerprint density at radius 2 is 1.86 bits per heavy atom. The highest BCUT2D eigenvalue weighted by atomic mass is 19.1. The number of hydrogen-bond acceptors (Lipinski definition) is 4. The van der Waals surface area contributed by atoms with Crippen LogP contribution in [0.3, 0.4) is 0 Å². The molecule has 0 saturated carbocycles. The highest BCUT2D eigenvalue weighted by Crippen LogP contribution is 2.37. The molecule has 146 valence electrons. The highest BCUT2D eigenvalue weighted by Gasteiger charge is 2.21. The Kier molecular flexibility index (Phi) is 5.15. The van der Waals surface area contributed by atoms with E-state index in [0.29, 0.717) is 19.0 Å². The Balaban J connectivity index is 1.70. The number of hydrogen-bond donors (Lipinski definition) is 2. The molecule has 4 nitrogen and oxygen atoms in total. The van der Waals surface area contributed by atoms with Crippen LogP contribution in [-0.2, 0) is 4.74 Å². The minimum Gasteiger partial charge on any atom is -0.454 e. The fourth-order valence-electron chi connectivity index (χ4n) is 3.34. The van der Waals surface area contributed by atoms with Gasteiger partial charge in [0.2, 0.25) is 0 Å². The number of allylic oxidation sites excluding steroid dienone is 2. The average Bonchev–Trinajstić information content (AvgIpc) is 3.02. The summed E-state index contributed by atoms with van der Waals surface area (Å²) in [4.78, 5) is 0. The van der Waals surface area contributed by atoms with E-state index in [0.717, 1.165) is 22.9 Å². The molecule has 0 spiro atoms. The molecule has 0 aromatic heterocycles. The van der Waals surface area contributed by atoms with Crippen molar-refractivity contribution in [2.24, 2.45) is 0 Å². The summed E-state index contributed by atoms with van der Waals surface area (Å²) in [5.74, 6) is -0.880. The maximum Gasteiger partial charge on any atom is 0.168 e. The predicted molar refractivity (Wildman–Crippen MR) is 106 cm³/mol. The summed E-state index contributed by atoms with van der Waals surface area (Å²) in [6, 6.07) is 9.40. The van der Waals surface area contributed by atoms with Gasteiger partial charge in [0.05, 0.1) is 19.3 Å². The van der Waals surface area contributed by atoms with Crippen molar-refractivity contribution >= 4 is 11.3 Å². The van der Waals surface area contributed by atoms with Crippen LogP contribution in [0.5, 0.6) is 11.5 Å². The molecule has 1 saturated heterocycles. The lowest BCUT2D eigenvalue weighted by molar-refractivity contribution is 0.0211. The second-order valence-electron chi connectivity index (χ2n) is 7.04. The molecule has 1 unspecified atom stereocenters. The predicted octanol–water partition coefficient (Wildman–Crippen LogP) is 4.50. The average molecular weight is 384 g/mol. The Labute approximate surface area is 162 Å². The van der Waals surface area contributed by atoms with Gasteiger partial charge in [-0.3, -0.25) is 0 Å². The summed E-state index contributed by atoms with van der Waals surface area (Å²) in [7, 11) is 1.90. The molecule has 2 aromatic rings. The van der Waals surface area contributed by atoms with Gasteiger partial charge in [0.15, 0.2) is 11.6 Å². The summed E-state index contributed by atoms with van der Waals surface area (Å²) < 4.78 is 38.4. The van der Waals surface area contributed by atoms with Gasteiger partial charge >= 0.3 is 0 Å². The van der Waals surface area contributed by atoms with Crippen molar-refractivity contribution in [1.29, 1.82) is 0 Å². The van der Waals surface area contributed by atoms with E-state index in [1.165, 1.54) is 17.7 Å². The zero-order valence-corrected chi connectivity index (χ0v) is 15.8. The second kappa shape index (κ2) is 7.73. The number of nitrogens with one attached hydrogen (secondary N) is 2. The SMILES string of the molecule is CNC1C=C(c2cc(NC3COC3)ccc2Oc2ccc(F)cc2F)C=C1C. The molecule has 2 aliphatic rings. The van der Waals surface area contributed by atoms with E-state index >= 15 is 0 Å². The second-order valence-corrected chi connectivity index (χ2v) is 7.04. The first-order valence-electron chi connectivity index (χ1n) is 9.22. The van der Waals surface area contributed by atoms with Crippen molar-refractivity contribution in [2.45, 2.75) is 19.0 Å². The van der Waals surface area contributed by atoms with Crippen molar-refractivity contribution in [3.63, 3.8) is 0 Å². The molecule has 0 amide bonds. The van der Waals surface area contributed by atoms with E-state index < -0.39 is 11.6 Å². The number of likely N-dealkylation sites (N-methyl/N-ethyl adjacent to an activating group) is 1. The van der Waals surface area contributed by atoms with Gasteiger partial charge in [0.1, 0.15) is 11.6 Å². The van der Waals surface area contributed by atoms with Gasteiger partial charge in [-0.05, 0) is 49.9 Å². The van der Waals surface area contributed by atoms with Gasteiger partial charge in [0.25, 0.3) is 0 Å². The van der Waals surface area contributed by atoms with E-state index in [-0.39, 0.29) is 17.8 Å². The molecular formula is C22H22F2N2O2. The number of benzene rings is 2. The molecule has 2 aromatic carbocycles. The summed E-state index contributed by atoms with van der Waals surface area (Å²) in [6.45, 7) is 3.41. The van der Waals surface area contributed by atoms with E-state index in [1.807, 2.05) is 19.2 Å². The normalized spacial score (nSPS) is 19.1. The van der Waals surface area contributed by atoms with Crippen LogP contribution < -0.4 is 15.4 Å². The van der Waals surface area contributed by atoms with E-state index in [2.05, 4.69) is 29.7 Å². The van der Waals surface area contributed by atoms with Crippen LogP contribution in [0.2, 0.25) is 0 Å². The minimum atomic E-state index is -0.736. The van der Waals surface area contributed by atoms with Crippen LogP contribution in [0.4, 0.5) is 14.5 Å². The van der Waals surface area contributed by atoms with Crippen molar-refractivity contribution in [1.82, 2.24) is 5.32 Å². The smallest absolute Gasteiger partial charge is 0.168 e. The van der Waals surface area contributed by atoms with Crippen molar-refractivity contribution in [3.05, 3.63) is 71.3 Å². The lowest BCUT2D eigenvalue weighted by Crippen LogP contribution is -2.40. The van der Waals surface area contributed by atoms with Crippen LogP contribution in [0.15, 0.2) is 54.1 Å². The zero-order chi connectivity index (χ0) is 19.7. The molecule has 4 rings (SSSR count). The van der Waals surface area contributed by atoms with Crippen molar-refractivity contribution in [2.75, 3.05) is 25.6 Å². The Morgan fingerprint density at radius 3 is 2.50 bits per heavy atom. The largest absolute Gasteiger partial charge is 0.454 e. The van der Waals surface area contributed by atoms with Crippen LogP contribution in [0.25, 0.3) is 5.57 Å². The minimum absolute atomic E-state index is 0.0137. The molecule has 28 heavy (non-hydrogen) atoms. The van der Waals surface area contributed by atoms with Crippen molar-refractivity contribution in [3.8, 4) is 11.5 Å². The summed E-state index contributed by atoms with van der Waals surface area (Å²) in [5.41, 5.74) is 3.95. The molecule has 6 heteroatoms. The third-order valence-corrected chi connectivity index (χ3v) is 4.94. The van der Waals surface area contributed by atoms with E-state index in [9.17, 15) is 8.78 Å². The first kappa shape index (κ1) is 18.7. The summed E-state index contributed by atoms with van der Waals surface area (Å²) in [5, 5.41) is 6.66. The van der Waals surface area contributed by atoms with E-state index in [4.69, 9.17) is 9.47 Å². The molecule has 0 radical (unpaired) electrons. The van der Waals surface area contributed by atoms with Crippen LogP contribution in [0, 0.1) is 11.6 Å². The third-order valence-electron chi connectivity index (χ3n) is 4.94. The van der Waals surface area contributed by atoms with Crippen LogP contribution in [-0.4, -0.2) is 32.3 Å². The van der Waals surface area contributed by atoms with Gasteiger partial charge in [-0.2, -0.15) is 0 Å². The Morgan fingerprint density at radius 1 is 1.07 bits per heavy atom. The fraction of sp³-hybridized carbons (Fsp3) is 0.273. The number of ether oxygens (including phenoxy) is 2. The highest BCUT2D eigenvalue weighted by molar-refractivity contribution is 5.83. The van der Waals surface area contributed by atoms with E-state index in [1.54, 1.807) is 6.07 Å². The number of halogens is 2. The van der Waals surface area contributed by atoms with Gasteiger partial charge in [-0.25, -0.2) is 8.78 Å². The van der Waals surface area contributed by atoms with Crippen molar-refractivity contribution < 1.29 is 18.3 Å². The maximum atomic E-state index is 14.1. The quantitative estimate of drug-likeness (QED) is 0.770. The number of rotatable bonds is 6. The monoisotopic (exact) mass is 384 g/mol. The van der Waals surface area contributed by atoms with Gasteiger partial charge < -0.3 is 20.1 Å². The van der Waals surface area contributed by atoms with Gasteiger partial charge in [-0.1, -0.05) is 17.7 Å². The summed E-state index contributed by atoms with van der Waals surface area (Å²) in [6.07, 6.45) is 4.19. The van der Waals surface area contributed by atoms with Crippen LogP contribution >= 0.6 is 0 Å². The molecule has 1 atom stereocenters. The first-order chi connectivity index (χ1) is 13.5. The fourth-order valence-corrected chi connectivity index (χ4v) is 3.34. The molecule has 1 aliphatic carbocycles. The standard InChI is InChI=1S/C22H22F2N2O2/c1-13-7-14(8-20(13)25-2)18-10-16(26-17-11-27-12-17)4-6-21(18)28-22-5-3-15(23)9-19(22)24/h3-10,17,20,25-26H,11-12H2,1-2H3. The molecule has 1 aliphatic heterocycles. The molecular weight excluding hydrogens is 362 g/mol. The molecule has 0 bridgehead atoms. The molecule has 1 heterocycles. The summed E-state index contributed by atoms with van der Waals surface area (Å²) >= 11 is 0. The maximum absolute atomic E-state index is 14.1. The molecule has 2 N–H and O–H groups in total. The molecule has 1 fully saturated rings. The number of anilines is 1. The van der Waals surface area contributed by atoms with Gasteiger partial charge in [-0.15, -0.1) is 0 Å².